The molecule has 102 valence electrons. The summed E-state index contributed by atoms with van der Waals surface area (Å²) in [6, 6.07) is 4.60. The Labute approximate surface area is 113 Å². The highest BCUT2D eigenvalue weighted by molar-refractivity contribution is 7.80. The van der Waals surface area contributed by atoms with E-state index in [0.29, 0.717) is 5.75 Å². The van der Waals surface area contributed by atoms with Gasteiger partial charge in [-0.2, -0.15) is 12.6 Å². The first-order valence-electron chi connectivity index (χ1n) is 5.67. The van der Waals surface area contributed by atoms with Gasteiger partial charge in [-0.1, -0.05) is 12.1 Å². The van der Waals surface area contributed by atoms with E-state index in [4.69, 9.17) is 0 Å². The Hall–Kier alpha value is -1.57. The Balaban J connectivity index is 2.61. The third kappa shape index (κ3) is 2.73. The maximum Gasteiger partial charge on any atom is 0.419 e. The van der Waals surface area contributed by atoms with Crippen molar-refractivity contribution >= 4 is 23.5 Å². The minimum atomic E-state index is -1.25. The number of rotatable bonds is 4. The van der Waals surface area contributed by atoms with Crippen molar-refractivity contribution in [3.8, 4) is 0 Å². The second-order valence-electron chi connectivity index (χ2n) is 4.10. The van der Waals surface area contributed by atoms with Crippen LogP contribution in [0, 0.1) is 0 Å². The second kappa shape index (κ2) is 5.60. The molecule has 0 aliphatic carbocycles. The highest BCUT2D eigenvalue weighted by Crippen LogP contribution is 2.24. The maximum absolute atomic E-state index is 11.7. The quantitative estimate of drug-likeness (QED) is 0.600. The molecule has 1 aromatic heterocycles. The van der Waals surface area contributed by atoms with E-state index in [-0.39, 0.29) is 22.9 Å². The number of hydrogen-bond donors (Lipinski definition) is 4. The van der Waals surface area contributed by atoms with E-state index in [9.17, 15) is 19.8 Å². The van der Waals surface area contributed by atoms with E-state index in [1.807, 2.05) is 0 Å². The molecule has 2 aromatic rings. The molecule has 0 radical (unpaired) electrons. The number of hydrogen-bond acceptors (Lipinski definition) is 6. The molecule has 0 amide bonds. The van der Waals surface area contributed by atoms with Crippen LogP contribution in [0.25, 0.3) is 10.9 Å². The summed E-state index contributed by atoms with van der Waals surface area (Å²) in [4.78, 5) is 25.2. The lowest BCUT2D eigenvalue weighted by atomic mass is 9.99. The predicted octanol–water partition coefficient (Wildman–Crippen LogP) is 0.196. The molecule has 0 bridgehead atoms. The molecule has 2 unspecified atom stereocenters. The maximum atomic E-state index is 11.7. The van der Waals surface area contributed by atoms with Crippen LogP contribution in [0.2, 0.25) is 0 Å². The molecule has 0 fully saturated rings. The fraction of sp³-hybridized carbons (Fsp3) is 0.333. The summed E-state index contributed by atoms with van der Waals surface area (Å²) in [5.74, 6) is -0.464. The summed E-state index contributed by atoms with van der Waals surface area (Å²) in [7, 11) is 0. The lowest BCUT2D eigenvalue weighted by Crippen LogP contribution is -2.22. The predicted molar refractivity (Wildman–Crippen MR) is 72.5 cm³/mol. The van der Waals surface area contributed by atoms with Crippen molar-refractivity contribution < 1.29 is 14.6 Å². The van der Waals surface area contributed by atoms with Gasteiger partial charge in [-0.25, -0.2) is 9.59 Å². The zero-order valence-corrected chi connectivity index (χ0v) is 10.8. The van der Waals surface area contributed by atoms with Gasteiger partial charge in [0.2, 0.25) is 0 Å². The summed E-state index contributed by atoms with van der Waals surface area (Å²) < 4.78 is 4.45. The molecule has 0 aliphatic heterocycles. The Bertz CT molecular complexity index is 692. The van der Waals surface area contributed by atoms with Crippen LogP contribution in [0.5, 0.6) is 0 Å². The van der Waals surface area contributed by atoms with Crippen LogP contribution in [-0.2, 0) is 0 Å². The summed E-state index contributed by atoms with van der Waals surface area (Å²) in [6.45, 7) is 0. The van der Waals surface area contributed by atoms with E-state index < -0.39 is 23.6 Å². The van der Waals surface area contributed by atoms with Crippen molar-refractivity contribution in [3.05, 3.63) is 44.7 Å². The molecule has 2 atom stereocenters. The van der Waals surface area contributed by atoms with Crippen molar-refractivity contribution in [1.82, 2.24) is 4.98 Å². The number of H-pyrrole nitrogens is 1. The molecule has 1 aromatic carbocycles. The number of nitrogens with one attached hydrogen (secondary N) is 1. The lowest BCUT2D eigenvalue weighted by molar-refractivity contribution is 0.0180. The first-order chi connectivity index (χ1) is 9.04. The minimum Gasteiger partial charge on any atom is -0.390 e. The number of aromatic nitrogens is 1. The van der Waals surface area contributed by atoms with Crippen LogP contribution >= 0.6 is 12.6 Å². The van der Waals surface area contributed by atoms with Gasteiger partial charge >= 0.3 is 11.4 Å². The van der Waals surface area contributed by atoms with Crippen LogP contribution < -0.4 is 11.4 Å². The Kier molecular flexibility index (Phi) is 4.08. The van der Waals surface area contributed by atoms with Crippen molar-refractivity contribution in [1.29, 1.82) is 0 Å². The van der Waals surface area contributed by atoms with E-state index in [0.717, 1.165) is 0 Å². The smallest absolute Gasteiger partial charge is 0.390 e. The van der Waals surface area contributed by atoms with Gasteiger partial charge in [0.1, 0.15) is 6.10 Å². The van der Waals surface area contributed by atoms with Crippen molar-refractivity contribution in [2.75, 3.05) is 5.75 Å². The fourth-order valence-electron chi connectivity index (χ4n) is 1.92. The van der Waals surface area contributed by atoms with Gasteiger partial charge in [0.05, 0.1) is 17.0 Å². The summed E-state index contributed by atoms with van der Waals surface area (Å²) >= 11 is 3.98. The molecule has 0 saturated heterocycles. The standard InChI is InChI=1S/C12H13NO5S/c14-8(4-5-19)10(15)6-2-1-3-7-9(6)11(16)18-12(17)13-7/h1-3,8,10,14-15,19H,4-5H2,(H,13,17). The van der Waals surface area contributed by atoms with Crippen molar-refractivity contribution in [2.45, 2.75) is 18.6 Å². The van der Waals surface area contributed by atoms with Gasteiger partial charge in [0.15, 0.2) is 0 Å². The molecule has 19 heavy (non-hydrogen) atoms. The highest BCUT2D eigenvalue weighted by Gasteiger charge is 2.21. The Morgan fingerprint density at radius 2 is 2.05 bits per heavy atom. The highest BCUT2D eigenvalue weighted by atomic mass is 32.1. The van der Waals surface area contributed by atoms with Crippen molar-refractivity contribution in [2.24, 2.45) is 0 Å². The molecule has 6 nitrogen and oxygen atoms in total. The topological polar surface area (TPSA) is 104 Å². The second-order valence-corrected chi connectivity index (χ2v) is 4.54. The fourth-order valence-corrected chi connectivity index (χ4v) is 2.18. The third-order valence-corrected chi connectivity index (χ3v) is 3.09. The van der Waals surface area contributed by atoms with Gasteiger partial charge in [-0.15, -0.1) is 0 Å². The molecule has 0 aliphatic rings. The van der Waals surface area contributed by atoms with Crippen molar-refractivity contribution in [3.63, 3.8) is 0 Å². The summed E-state index contributed by atoms with van der Waals surface area (Å²) in [5, 5.41) is 19.9. The first kappa shape index (κ1) is 13.9. The summed E-state index contributed by atoms with van der Waals surface area (Å²) in [6.07, 6.45) is -2.02. The van der Waals surface area contributed by atoms with Crippen LogP contribution in [-0.4, -0.2) is 27.1 Å². The normalized spacial score (nSPS) is 14.5. The SMILES string of the molecule is O=c1[nH]c2cccc(C(O)C(O)CCS)c2c(=O)o1. The zero-order valence-electron chi connectivity index (χ0n) is 9.87. The molecule has 1 heterocycles. The molecule has 3 N–H and O–H groups in total. The third-order valence-electron chi connectivity index (χ3n) is 2.83. The minimum absolute atomic E-state index is 0.0628. The lowest BCUT2D eigenvalue weighted by Gasteiger charge is -2.18. The average Bonchev–Trinajstić information content (AvgIpc) is 2.37. The Morgan fingerprint density at radius 3 is 2.74 bits per heavy atom. The largest absolute Gasteiger partial charge is 0.419 e. The van der Waals surface area contributed by atoms with Gasteiger partial charge in [-0.3, -0.25) is 4.98 Å². The molecule has 0 spiro atoms. The molecule has 0 saturated carbocycles. The zero-order chi connectivity index (χ0) is 14.0. The summed E-state index contributed by atoms with van der Waals surface area (Å²) in [5.41, 5.74) is -0.362. The van der Waals surface area contributed by atoms with Gasteiger partial charge in [0, 0.05) is 0 Å². The van der Waals surface area contributed by atoms with E-state index in [1.165, 1.54) is 12.1 Å². The Morgan fingerprint density at radius 1 is 1.32 bits per heavy atom. The van der Waals surface area contributed by atoms with E-state index in [2.05, 4.69) is 22.0 Å². The molecule has 2 rings (SSSR count). The first-order valence-corrected chi connectivity index (χ1v) is 6.31. The van der Waals surface area contributed by atoms with Crippen LogP contribution in [0.15, 0.2) is 32.2 Å². The number of aliphatic hydroxyl groups excluding tert-OH is 2. The number of aromatic amines is 1. The number of benzene rings is 1. The number of aliphatic hydroxyl groups is 2. The number of fused-ring (bicyclic) bond motifs is 1. The van der Waals surface area contributed by atoms with Crippen LogP contribution in [0.1, 0.15) is 18.1 Å². The average molecular weight is 283 g/mol. The van der Waals surface area contributed by atoms with Crippen LogP contribution in [0.4, 0.5) is 0 Å². The molecule has 7 heteroatoms. The number of thiol groups is 1. The molecular weight excluding hydrogens is 270 g/mol. The van der Waals surface area contributed by atoms with Gasteiger partial charge < -0.3 is 14.6 Å². The van der Waals surface area contributed by atoms with Gasteiger partial charge in [0.25, 0.3) is 0 Å². The molecular formula is C12H13NO5S. The van der Waals surface area contributed by atoms with E-state index >= 15 is 0 Å². The monoisotopic (exact) mass is 283 g/mol. The van der Waals surface area contributed by atoms with E-state index in [1.54, 1.807) is 6.07 Å². The van der Waals surface area contributed by atoms with Gasteiger partial charge in [-0.05, 0) is 23.8 Å². The van der Waals surface area contributed by atoms with Crippen LogP contribution in [0.3, 0.4) is 0 Å².